The second kappa shape index (κ2) is 13.1. The fourth-order valence-corrected chi connectivity index (χ4v) is 3.62. The third-order valence-electron chi connectivity index (χ3n) is 6.12. The average molecular weight is 535 g/mol. The van der Waals surface area contributed by atoms with Crippen molar-refractivity contribution in [2.24, 2.45) is 0 Å². The van der Waals surface area contributed by atoms with E-state index in [2.05, 4.69) is 64.1 Å². The Kier molecular flexibility index (Phi) is 10.5. The summed E-state index contributed by atoms with van der Waals surface area (Å²) < 4.78 is 1.50. The molecule has 0 radical (unpaired) electrons. The first-order valence-electron chi connectivity index (χ1n) is 12.5. The summed E-state index contributed by atoms with van der Waals surface area (Å²) in [6, 6.07) is 1.96. The zero-order valence-corrected chi connectivity index (χ0v) is 23.5. The summed E-state index contributed by atoms with van der Waals surface area (Å²) in [5.41, 5.74) is 0.420. The van der Waals surface area contributed by atoms with E-state index in [4.69, 9.17) is 0 Å². The van der Waals surface area contributed by atoms with Crippen LogP contribution in [0.25, 0.3) is 0 Å². The zero-order valence-electron chi connectivity index (χ0n) is 23.5. The third kappa shape index (κ3) is 11.1. The molecule has 0 saturated carbocycles. The van der Waals surface area contributed by atoms with Crippen LogP contribution in [0.2, 0.25) is 0 Å². The van der Waals surface area contributed by atoms with Crippen molar-refractivity contribution in [3.8, 4) is 0 Å². The summed E-state index contributed by atoms with van der Waals surface area (Å²) in [6.07, 6.45) is 0.781. The molecular formula is C24H42N10O4+2. The molecule has 38 heavy (non-hydrogen) atoms. The Morgan fingerprint density at radius 2 is 1.34 bits per heavy atom. The topological polar surface area (TPSA) is 165 Å². The number of aryl methyl sites for hydroxylation is 2. The lowest BCUT2D eigenvalue weighted by molar-refractivity contribution is -0.945. The van der Waals surface area contributed by atoms with Crippen LogP contribution in [0.15, 0.2) is 21.7 Å². The molecule has 2 rings (SSSR count). The predicted molar refractivity (Wildman–Crippen MR) is 146 cm³/mol. The Morgan fingerprint density at radius 1 is 0.842 bits per heavy atom. The third-order valence-corrected chi connectivity index (χ3v) is 6.12. The van der Waals surface area contributed by atoms with E-state index in [0.717, 1.165) is 41.6 Å². The quantitative estimate of drug-likeness (QED) is 0.194. The van der Waals surface area contributed by atoms with Crippen molar-refractivity contribution in [1.29, 1.82) is 0 Å². The summed E-state index contributed by atoms with van der Waals surface area (Å²) in [5, 5.41) is 7.96. The van der Waals surface area contributed by atoms with Gasteiger partial charge in [0.15, 0.2) is 0 Å². The molecule has 2 aromatic rings. The number of urea groups is 2. The monoisotopic (exact) mass is 534 g/mol. The maximum atomic E-state index is 12.5. The van der Waals surface area contributed by atoms with Gasteiger partial charge in [-0.3, -0.25) is 30.2 Å². The van der Waals surface area contributed by atoms with Crippen LogP contribution in [0.3, 0.4) is 0 Å². The highest BCUT2D eigenvalue weighted by molar-refractivity contribution is 5.87. The van der Waals surface area contributed by atoms with E-state index in [-0.39, 0.29) is 29.0 Å². The van der Waals surface area contributed by atoms with Crippen molar-refractivity contribution in [1.82, 2.24) is 30.2 Å². The second-order valence-electron chi connectivity index (χ2n) is 10.8. The number of hydrogen-bond acceptors (Lipinski definition) is 6. The number of rotatable bonds is 12. The van der Waals surface area contributed by atoms with Crippen LogP contribution in [0.1, 0.15) is 17.8 Å². The average Bonchev–Trinajstić information content (AvgIpc) is 2.78. The lowest BCUT2D eigenvalue weighted by atomic mass is 10.3. The van der Waals surface area contributed by atoms with Gasteiger partial charge in [-0.05, 0) is 13.8 Å². The van der Waals surface area contributed by atoms with Crippen molar-refractivity contribution < 1.29 is 18.6 Å². The van der Waals surface area contributed by atoms with Crippen molar-refractivity contribution in [3.63, 3.8) is 0 Å². The summed E-state index contributed by atoms with van der Waals surface area (Å²) in [5.74, 6) is 0.252. The minimum Gasteiger partial charge on any atom is -0.338 e. The fourth-order valence-electron chi connectivity index (χ4n) is 3.62. The number of nitrogens with one attached hydrogen (secondary N) is 5. The van der Waals surface area contributed by atoms with Crippen molar-refractivity contribution >= 4 is 24.0 Å². The van der Waals surface area contributed by atoms with Gasteiger partial charge < -0.3 is 19.2 Å². The first-order chi connectivity index (χ1) is 17.6. The molecule has 210 valence electrons. The Morgan fingerprint density at radius 3 is 1.87 bits per heavy atom. The Bertz CT molecular complexity index is 1220. The van der Waals surface area contributed by atoms with Crippen molar-refractivity contribution in [2.75, 3.05) is 85.1 Å². The lowest BCUT2D eigenvalue weighted by Crippen LogP contribution is -2.53. The lowest BCUT2D eigenvalue weighted by Gasteiger charge is -2.36. The zero-order chi connectivity index (χ0) is 28.5. The number of carbonyl (C=O) groups is 2. The SMILES string of the molecule is Cc1cc(=O)[nH]c(NC(=O)NCCC[N+](C)(C)CC[N+](C)(C)CCN(C)C(=O)Nc2nc(C)cc(=O)[nH]2)n1. The van der Waals surface area contributed by atoms with E-state index in [9.17, 15) is 19.2 Å². The van der Waals surface area contributed by atoms with Crippen LogP contribution >= 0.6 is 0 Å². The number of aromatic amines is 2. The smallest absolute Gasteiger partial charge is 0.324 e. The van der Waals surface area contributed by atoms with Crippen LogP contribution in [0, 0.1) is 13.8 Å². The minimum atomic E-state index is -0.417. The van der Waals surface area contributed by atoms with Crippen LogP contribution in [-0.2, 0) is 0 Å². The number of anilines is 2. The van der Waals surface area contributed by atoms with Gasteiger partial charge in [0.1, 0.15) is 13.1 Å². The normalized spacial score (nSPS) is 11.7. The standard InChI is InChI=1S/C24H40N10O4/c1-17-15-19(35)28-21(26-17)30-23(37)25-9-8-11-33(4,5)13-14-34(6,7)12-10-32(3)24(38)31-22-27-18(2)16-20(36)29-22/h15-16H,8-14H2,1-7H3,(H3-2,25,26,27,28,29,30,31,35,36,37,38)/p+2. The molecule has 5 N–H and O–H groups in total. The Labute approximate surface area is 222 Å². The predicted octanol–water partition coefficient (Wildman–Crippen LogP) is 0.298. The van der Waals surface area contributed by atoms with Gasteiger partial charge in [-0.2, -0.15) is 0 Å². The largest absolute Gasteiger partial charge is 0.338 e. The summed E-state index contributed by atoms with van der Waals surface area (Å²) >= 11 is 0. The molecule has 0 unspecified atom stereocenters. The molecule has 0 aliphatic rings. The van der Waals surface area contributed by atoms with Crippen LogP contribution < -0.4 is 27.1 Å². The minimum absolute atomic E-state index is 0.119. The molecule has 0 aromatic carbocycles. The van der Waals surface area contributed by atoms with Crippen LogP contribution in [0.5, 0.6) is 0 Å². The number of likely N-dealkylation sites (N-methyl/N-ethyl adjacent to an activating group) is 3. The van der Waals surface area contributed by atoms with E-state index in [1.165, 1.54) is 12.1 Å². The molecule has 0 aliphatic heterocycles. The first-order valence-corrected chi connectivity index (χ1v) is 12.5. The molecule has 0 saturated heterocycles. The summed E-state index contributed by atoms with van der Waals surface area (Å²) in [7, 11) is 10.3. The second-order valence-corrected chi connectivity index (χ2v) is 10.8. The number of nitrogens with zero attached hydrogens (tertiary/aromatic N) is 5. The van der Waals surface area contributed by atoms with E-state index in [0.29, 0.717) is 24.5 Å². The Hall–Kier alpha value is -3.78. The van der Waals surface area contributed by atoms with Gasteiger partial charge in [0.2, 0.25) is 11.9 Å². The molecule has 14 nitrogen and oxygen atoms in total. The highest BCUT2D eigenvalue weighted by Gasteiger charge is 2.24. The molecule has 14 heteroatoms. The van der Waals surface area contributed by atoms with Crippen LogP contribution in [0.4, 0.5) is 21.5 Å². The molecule has 0 atom stereocenters. The molecule has 0 bridgehead atoms. The number of amides is 4. The number of quaternary nitrogens is 2. The van der Waals surface area contributed by atoms with E-state index in [1.807, 2.05) is 0 Å². The van der Waals surface area contributed by atoms with Crippen LogP contribution in [-0.4, -0.2) is 120 Å². The first kappa shape index (κ1) is 30.4. The van der Waals surface area contributed by atoms with Gasteiger partial charge >= 0.3 is 12.1 Å². The maximum Gasteiger partial charge on any atom is 0.324 e. The van der Waals surface area contributed by atoms with Gasteiger partial charge in [0.05, 0.1) is 47.8 Å². The number of H-pyrrole nitrogens is 2. The highest BCUT2D eigenvalue weighted by atomic mass is 16.2. The maximum absolute atomic E-state index is 12.5. The summed E-state index contributed by atoms with van der Waals surface area (Å²) in [6.45, 7) is 7.82. The fraction of sp³-hybridized carbons (Fsp3) is 0.583. The molecule has 0 spiro atoms. The van der Waals surface area contributed by atoms with E-state index in [1.54, 1.807) is 25.8 Å². The van der Waals surface area contributed by atoms with Gasteiger partial charge in [0, 0.05) is 43.5 Å². The van der Waals surface area contributed by atoms with E-state index >= 15 is 0 Å². The molecule has 0 aliphatic carbocycles. The van der Waals surface area contributed by atoms with Gasteiger partial charge in [0.25, 0.3) is 11.1 Å². The number of carbonyl (C=O) groups excluding carboxylic acids is 2. The molecule has 0 fully saturated rings. The van der Waals surface area contributed by atoms with Crippen molar-refractivity contribution in [2.45, 2.75) is 20.3 Å². The van der Waals surface area contributed by atoms with E-state index < -0.39 is 6.03 Å². The summed E-state index contributed by atoms with van der Waals surface area (Å²) in [4.78, 5) is 62.4. The molecule has 4 amide bonds. The number of aromatic nitrogens is 4. The molecule has 2 heterocycles. The van der Waals surface area contributed by atoms with Gasteiger partial charge in [-0.1, -0.05) is 0 Å². The van der Waals surface area contributed by atoms with Crippen molar-refractivity contribution in [3.05, 3.63) is 44.2 Å². The molecule has 2 aromatic heterocycles. The van der Waals surface area contributed by atoms with Gasteiger partial charge in [-0.15, -0.1) is 0 Å². The number of hydrogen-bond donors (Lipinski definition) is 5. The molecular weight excluding hydrogens is 492 g/mol. The Balaban J connectivity index is 1.70. The van der Waals surface area contributed by atoms with Gasteiger partial charge in [-0.25, -0.2) is 19.6 Å². The highest BCUT2D eigenvalue weighted by Crippen LogP contribution is 2.06.